The van der Waals surface area contributed by atoms with E-state index in [0.717, 1.165) is 30.5 Å². The highest BCUT2D eigenvalue weighted by atomic mass is 16.5. The third kappa shape index (κ3) is 6.42. The van der Waals surface area contributed by atoms with E-state index in [1.807, 2.05) is 43.3 Å². The van der Waals surface area contributed by atoms with Gasteiger partial charge >= 0.3 is 5.97 Å². The largest absolute Gasteiger partial charge is 0.494 e. The van der Waals surface area contributed by atoms with Gasteiger partial charge in [-0.05, 0) is 61.9 Å². The van der Waals surface area contributed by atoms with Crippen molar-refractivity contribution < 1.29 is 24.2 Å². The van der Waals surface area contributed by atoms with Crippen LogP contribution in [-0.2, 0) is 9.53 Å². The number of aryl methyl sites for hydroxylation is 1. The Morgan fingerprint density at radius 3 is 2.52 bits per heavy atom. The van der Waals surface area contributed by atoms with Gasteiger partial charge in [0.25, 0.3) is 0 Å². The number of nitrogens with one attached hydrogen (secondary N) is 2. The predicted molar refractivity (Wildman–Crippen MR) is 162 cm³/mol. The summed E-state index contributed by atoms with van der Waals surface area (Å²) in [4.78, 5) is 46.8. The van der Waals surface area contributed by atoms with Crippen molar-refractivity contribution in [1.82, 2.24) is 15.2 Å². The van der Waals surface area contributed by atoms with Gasteiger partial charge in [0.2, 0.25) is 5.91 Å². The molecule has 2 heterocycles. The molecule has 0 saturated carbocycles. The number of rotatable bonds is 9. The summed E-state index contributed by atoms with van der Waals surface area (Å²) in [6.07, 6.45) is 1.64. The Kier molecular flexibility index (Phi) is 8.78. The zero-order chi connectivity index (χ0) is 29.6. The highest BCUT2D eigenvalue weighted by Crippen LogP contribution is 2.33. The van der Waals surface area contributed by atoms with Crippen molar-refractivity contribution >= 4 is 40.0 Å². The van der Waals surface area contributed by atoms with Gasteiger partial charge in [-0.1, -0.05) is 30.3 Å². The topological polar surface area (TPSA) is 124 Å². The lowest BCUT2D eigenvalue weighted by atomic mass is 9.98. The van der Waals surface area contributed by atoms with E-state index in [1.54, 1.807) is 30.3 Å². The third-order valence-corrected chi connectivity index (χ3v) is 7.53. The number of ketones is 1. The molecular formula is C33H34N4O5. The molecule has 216 valence electrons. The molecule has 1 aliphatic heterocycles. The maximum absolute atomic E-state index is 12.9. The minimum atomic E-state index is -0.452. The molecule has 1 aliphatic rings. The molecular weight excluding hydrogens is 532 g/mol. The number of methoxy groups -OCH3 is 1. The van der Waals surface area contributed by atoms with E-state index in [2.05, 4.69) is 15.2 Å². The fourth-order valence-corrected chi connectivity index (χ4v) is 5.26. The summed E-state index contributed by atoms with van der Waals surface area (Å²) in [6, 6.07) is 20.2. The van der Waals surface area contributed by atoms with Gasteiger partial charge in [0.1, 0.15) is 0 Å². The lowest BCUT2D eigenvalue weighted by Crippen LogP contribution is -2.29. The molecule has 0 spiro atoms. The number of nitrogens with zero attached hydrogens (tertiary/aromatic N) is 2. The van der Waals surface area contributed by atoms with Crippen LogP contribution in [0, 0.1) is 6.92 Å². The summed E-state index contributed by atoms with van der Waals surface area (Å²) in [7, 11) is 1.33. The SMILES string of the molecule is COC(=O)c1cc2[nH]c(O)c(C(=Nc3ccc(C(=O)CCCN4CCNC(=O)CC4)cc3)c3ccccc3)c2cc1C. The summed E-state index contributed by atoms with van der Waals surface area (Å²) in [5.74, 6) is -0.379. The first-order chi connectivity index (χ1) is 20.3. The normalized spacial score (nSPS) is 14.4. The number of aliphatic imine (C=N–C) groups is 1. The van der Waals surface area contributed by atoms with Crippen LogP contribution in [0.3, 0.4) is 0 Å². The first-order valence-corrected chi connectivity index (χ1v) is 14.0. The minimum Gasteiger partial charge on any atom is -0.494 e. The zero-order valence-electron chi connectivity index (χ0n) is 23.8. The predicted octanol–water partition coefficient (Wildman–Crippen LogP) is 4.92. The third-order valence-electron chi connectivity index (χ3n) is 7.53. The van der Waals surface area contributed by atoms with Crippen molar-refractivity contribution in [3.8, 4) is 5.88 Å². The number of hydrogen-bond acceptors (Lipinski definition) is 7. The number of fused-ring (bicyclic) bond motifs is 1. The lowest BCUT2D eigenvalue weighted by Gasteiger charge is -2.18. The van der Waals surface area contributed by atoms with Crippen molar-refractivity contribution in [2.24, 2.45) is 4.99 Å². The van der Waals surface area contributed by atoms with Crippen LogP contribution in [0.1, 0.15) is 56.7 Å². The van der Waals surface area contributed by atoms with Gasteiger partial charge in [0, 0.05) is 54.5 Å². The standard InChI is InChI=1S/C33H34N4O5/c1-21-19-26-27(20-25(21)33(41)42-2)36-32(40)30(26)31(23-7-4-3-5-8-23)35-24-12-10-22(11-13-24)28(38)9-6-16-37-17-14-29(39)34-15-18-37/h3-5,7-8,10-13,19-20,36,40H,6,9,14-18H2,1-2H3,(H,34,39). The maximum Gasteiger partial charge on any atom is 0.338 e. The van der Waals surface area contributed by atoms with Crippen molar-refractivity contribution in [3.63, 3.8) is 0 Å². The number of aromatic nitrogens is 1. The number of carbonyl (C=O) groups is 3. The Hall–Kier alpha value is -4.76. The highest BCUT2D eigenvalue weighted by molar-refractivity contribution is 6.22. The van der Waals surface area contributed by atoms with E-state index in [9.17, 15) is 19.5 Å². The Balaban J connectivity index is 1.39. The van der Waals surface area contributed by atoms with E-state index in [0.29, 0.717) is 65.1 Å². The van der Waals surface area contributed by atoms with Crippen molar-refractivity contribution in [2.45, 2.75) is 26.2 Å². The Morgan fingerprint density at radius 2 is 1.79 bits per heavy atom. The Bertz CT molecular complexity index is 1640. The van der Waals surface area contributed by atoms with Crippen LogP contribution in [0.5, 0.6) is 5.88 Å². The molecule has 0 unspecified atom stereocenters. The first-order valence-electron chi connectivity index (χ1n) is 14.0. The summed E-state index contributed by atoms with van der Waals surface area (Å²) in [5, 5.41) is 14.6. The number of aromatic amines is 1. The van der Waals surface area contributed by atoms with E-state index < -0.39 is 5.97 Å². The number of H-pyrrole nitrogens is 1. The fraction of sp³-hybridized carbons (Fsp3) is 0.273. The number of esters is 1. The van der Waals surface area contributed by atoms with Gasteiger partial charge in [-0.15, -0.1) is 0 Å². The summed E-state index contributed by atoms with van der Waals surface area (Å²) < 4.78 is 4.90. The van der Waals surface area contributed by atoms with Gasteiger partial charge in [-0.2, -0.15) is 0 Å². The fourth-order valence-electron chi connectivity index (χ4n) is 5.26. The number of amides is 1. The van der Waals surface area contributed by atoms with Crippen molar-refractivity contribution in [2.75, 3.05) is 33.3 Å². The van der Waals surface area contributed by atoms with E-state index in [1.165, 1.54) is 7.11 Å². The van der Waals surface area contributed by atoms with Gasteiger partial charge in [0.15, 0.2) is 11.7 Å². The van der Waals surface area contributed by atoms with Gasteiger partial charge in [-0.25, -0.2) is 9.79 Å². The molecule has 9 nitrogen and oxygen atoms in total. The summed E-state index contributed by atoms with van der Waals surface area (Å²) in [5.41, 5.74) is 4.82. The molecule has 0 radical (unpaired) electrons. The molecule has 9 heteroatoms. The van der Waals surface area contributed by atoms with Crippen LogP contribution >= 0.6 is 0 Å². The minimum absolute atomic E-state index is 0.0593. The van der Waals surface area contributed by atoms with Gasteiger partial charge < -0.3 is 25.0 Å². The molecule has 4 aromatic rings. The number of aromatic hydroxyl groups is 1. The number of benzene rings is 3. The van der Waals surface area contributed by atoms with Gasteiger partial charge in [-0.3, -0.25) is 9.59 Å². The van der Waals surface area contributed by atoms with Gasteiger partial charge in [0.05, 0.1) is 29.6 Å². The second-order valence-corrected chi connectivity index (χ2v) is 10.4. The number of Topliss-reactive ketones (excluding diaryl/α,β-unsaturated/α-hetero) is 1. The quantitative estimate of drug-likeness (QED) is 0.150. The number of hydrogen-bond donors (Lipinski definition) is 3. The van der Waals surface area contributed by atoms with Crippen LogP contribution in [-0.4, -0.2) is 71.7 Å². The second kappa shape index (κ2) is 12.8. The zero-order valence-corrected chi connectivity index (χ0v) is 23.8. The summed E-state index contributed by atoms with van der Waals surface area (Å²) in [6.45, 7) is 4.76. The smallest absolute Gasteiger partial charge is 0.338 e. The molecule has 0 atom stereocenters. The van der Waals surface area contributed by atoms with Crippen LogP contribution in [0.25, 0.3) is 10.9 Å². The molecule has 3 aromatic carbocycles. The van der Waals surface area contributed by atoms with Crippen LogP contribution in [0.4, 0.5) is 5.69 Å². The molecule has 5 rings (SSSR count). The highest BCUT2D eigenvalue weighted by Gasteiger charge is 2.21. The molecule has 1 fully saturated rings. The van der Waals surface area contributed by atoms with Crippen LogP contribution < -0.4 is 5.32 Å². The van der Waals surface area contributed by atoms with E-state index in [4.69, 9.17) is 9.73 Å². The molecule has 1 aromatic heterocycles. The second-order valence-electron chi connectivity index (χ2n) is 10.4. The van der Waals surface area contributed by atoms with Crippen LogP contribution in [0.15, 0.2) is 71.7 Å². The Labute approximate surface area is 244 Å². The molecule has 0 bridgehead atoms. The Morgan fingerprint density at radius 1 is 1.02 bits per heavy atom. The molecule has 42 heavy (non-hydrogen) atoms. The maximum atomic E-state index is 12.9. The lowest BCUT2D eigenvalue weighted by molar-refractivity contribution is -0.120. The van der Waals surface area contributed by atoms with Crippen molar-refractivity contribution in [1.29, 1.82) is 0 Å². The van der Waals surface area contributed by atoms with E-state index >= 15 is 0 Å². The average molecular weight is 567 g/mol. The number of carbonyl (C=O) groups excluding carboxylic acids is 3. The molecule has 3 N–H and O–H groups in total. The van der Waals surface area contributed by atoms with E-state index in [-0.39, 0.29) is 17.6 Å². The first kappa shape index (κ1) is 28.8. The average Bonchev–Trinajstić information content (AvgIpc) is 3.16. The number of ether oxygens (including phenoxy) is 1. The van der Waals surface area contributed by atoms with Crippen LogP contribution in [0.2, 0.25) is 0 Å². The molecule has 0 aliphatic carbocycles. The molecule has 1 saturated heterocycles. The summed E-state index contributed by atoms with van der Waals surface area (Å²) >= 11 is 0. The molecule has 1 amide bonds. The monoisotopic (exact) mass is 566 g/mol. The van der Waals surface area contributed by atoms with Crippen molar-refractivity contribution in [3.05, 3.63) is 94.5 Å².